The molecule has 0 radical (unpaired) electrons. The van der Waals surface area contributed by atoms with Crippen molar-refractivity contribution >= 4 is 119 Å². The summed E-state index contributed by atoms with van der Waals surface area (Å²) in [6.07, 6.45) is -4.38. The van der Waals surface area contributed by atoms with Gasteiger partial charge >= 0.3 is 29.8 Å². The summed E-state index contributed by atoms with van der Waals surface area (Å²) in [4.78, 5) is 261. The van der Waals surface area contributed by atoms with Crippen LogP contribution in [0.5, 0.6) is 0 Å². The van der Waals surface area contributed by atoms with Gasteiger partial charge in [-0.3, -0.25) is 96.5 Å². The highest BCUT2D eigenvalue weighted by Crippen LogP contribution is 2.18. The fraction of sp³-hybridized carbons (Fsp3) is 0.636. The number of hydrogen-bond donors (Lipinski definition) is 24. The van der Waals surface area contributed by atoms with Crippen LogP contribution in [0, 0.1) is 23.2 Å². The van der Waals surface area contributed by atoms with Crippen molar-refractivity contribution in [3.8, 4) is 0 Å². The molecule has 0 saturated heterocycles. The number of nitrogens with two attached hydrogens (primary N) is 2. The number of aliphatic carboxylic acids is 5. The zero-order chi connectivity index (χ0) is 98.8. The number of hydrogen-bond acceptors (Lipinski definition) is 22. The lowest BCUT2D eigenvalue weighted by atomic mass is 9.98. The summed E-state index contributed by atoms with van der Waals surface area (Å²) in [6.45, 7) is 20.0. The van der Waals surface area contributed by atoms with Gasteiger partial charge < -0.3 is 122 Å². The van der Waals surface area contributed by atoms with Crippen LogP contribution in [0.2, 0.25) is 0 Å². The maximum atomic E-state index is 14.5. The highest BCUT2D eigenvalue weighted by atomic mass is 16.4. The van der Waals surface area contributed by atoms with Crippen LogP contribution in [-0.2, 0) is 104 Å². The minimum atomic E-state index is -1.99. The number of benzene rings is 2. The van der Waals surface area contributed by atoms with Crippen molar-refractivity contribution in [3.63, 3.8) is 0 Å². The Morgan fingerprint density at radius 3 is 1.14 bits per heavy atom. The maximum Gasteiger partial charge on any atom is 0.305 e. The van der Waals surface area contributed by atoms with Crippen LogP contribution in [0.15, 0.2) is 60.7 Å². The molecule has 0 fully saturated rings. The molecule has 0 unspecified atom stereocenters. The molecular formula is C88H141N19O24. The van der Waals surface area contributed by atoms with Crippen molar-refractivity contribution in [2.24, 2.45) is 29.2 Å². The molecule has 43 nitrogen and oxygen atoms in total. The summed E-state index contributed by atoms with van der Waals surface area (Å²) in [5.74, 6) is -22.5. The van der Waals surface area contributed by atoms with Crippen LogP contribution in [0.3, 0.4) is 0 Å². The second kappa shape index (κ2) is 60.4. The Morgan fingerprint density at radius 1 is 0.382 bits per heavy atom. The molecule has 0 spiro atoms. The average Bonchev–Trinajstić information content (AvgIpc) is 0.835. The van der Waals surface area contributed by atoms with Crippen LogP contribution in [-0.4, -0.2) is 247 Å². The first-order valence-corrected chi connectivity index (χ1v) is 44.6. The molecule has 43 heteroatoms. The van der Waals surface area contributed by atoms with Crippen LogP contribution >= 0.6 is 0 Å². The molecule has 15 atom stereocenters. The molecule has 0 aliphatic heterocycles. The van der Waals surface area contributed by atoms with Crippen LogP contribution in [0.4, 0.5) is 0 Å². The number of carbonyl (C=O) groups is 19. The van der Waals surface area contributed by atoms with Gasteiger partial charge in [0.15, 0.2) is 5.96 Å². The monoisotopic (exact) mass is 1850 g/mol. The van der Waals surface area contributed by atoms with Gasteiger partial charge in [0.05, 0.1) is 12.5 Å². The summed E-state index contributed by atoms with van der Waals surface area (Å²) in [5, 5.41) is 97.8. The van der Waals surface area contributed by atoms with E-state index in [1.54, 1.807) is 81.4 Å². The lowest BCUT2D eigenvalue weighted by Gasteiger charge is -2.31. The number of carboxylic acid groups (broad SMARTS) is 5. The molecule has 2 aromatic carbocycles. The van der Waals surface area contributed by atoms with Gasteiger partial charge in [-0.1, -0.05) is 148 Å². The van der Waals surface area contributed by atoms with E-state index in [-0.39, 0.29) is 95.3 Å². The summed E-state index contributed by atoms with van der Waals surface area (Å²) in [6, 6.07) is -2.87. The molecule has 2 rings (SSSR count). The van der Waals surface area contributed by atoms with Gasteiger partial charge in [-0.15, -0.1) is 0 Å². The van der Waals surface area contributed by atoms with E-state index in [2.05, 4.69) is 85.1 Å². The van der Waals surface area contributed by atoms with E-state index in [1.165, 1.54) is 27.7 Å². The molecule has 0 aliphatic rings. The third kappa shape index (κ3) is 45.6. The standard InChI is InChI=1S/C88H141N19O24/c1-13-16-31-56(96-78(123)61(36-40-68(110)111)100-77(122)58(33-24-25-43-89)105-86(131)88(11,12)107-84(129)59(32-17-14-2)97-81(126)64(47-71(116)117)93-48-55-29-22-19-23-30-55)75(120)99-62(37-41-69(112)113)80(125)101-63(38-42-70(114)115)79(124)98-60(35-39-67(108)109)74(119)95-53(10)73(118)106-72(50(6)7)85(130)102-57(34-26-44-92-87(90)91)76(121)103-65(45-49(4)5)83(128)104-66(46-54-27-20-18-21-28-54)82(127)94-52(9)51(8)15-3/h18-23,27-30,49-53,56-66,72,93H,13-17,24-26,31-48,89H2,1-12H3,(H,94,127)(H,95,119)(H,96,123)(H,97,126)(H,98,124)(H,99,120)(H,100,122)(H,101,125)(H,102,130)(H,103,121)(H,104,128)(H,105,131)(H,106,118)(H,107,129)(H,108,109)(H,110,111)(H,112,113)(H,114,115)(H,116,117)(H4,90,91,92)/t51-,52+,53-,56-,57+,58-,59-,60-,61-,62-,63-,64-,65-,66-,72-/m0/s1. The molecular weight excluding hydrogens is 1710 g/mol. The highest BCUT2D eigenvalue weighted by Gasteiger charge is 2.41. The van der Waals surface area contributed by atoms with Crippen molar-refractivity contribution < 1.29 is 117 Å². The first kappa shape index (κ1) is 115. The van der Waals surface area contributed by atoms with Gasteiger partial charge in [0, 0.05) is 51.2 Å². The molecule has 732 valence electrons. The van der Waals surface area contributed by atoms with Crippen molar-refractivity contribution in [1.29, 1.82) is 5.41 Å². The number of carboxylic acids is 5. The zero-order valence-corrected chi connectivity index (χ0v) is 77.1. The molecule has 0 saturated carbocycles. The topological polar surface area (TPSA) is 694 Å². The molecule has 0 aliphatic carbocycles. The Bertz CT molecular complexity index is 4120. The predicted molar refractivity (Wildman–Crippen MR) is 480 cm³/mol. The van der Waals surface area contributed by atoms with E-state index in [1.807, 2.05) is 27.7 Å². The number of rotatable bonds is 66. The SMILES string of the molecule is CCCC[C@H](NC(=O)[C@H](CCC(=O)O)NC(=O)[C@H](CCCCN)NC(=O)C(C)(C)NC(=O)[C@H](CCCC)NC(=O)[C@H](CC(=O)O)NCc1ccccc1)C(=O)N[C@@H](CCC(=O)O)C(=O)N[C@@H](CCC(=O)O)C(=O)N[C@@H](CCC(=O)O)C(=O)N[C@@H](C)C(=O)N[C@H](C(=O)N[C@H](CCCNC(=N)N)C(=O)N[C@@H](CC(C)C)C(=O)N[C@@H](Cc1ccccc1)C(=O)N[C@H](C)[C@@H](C)CC)C(C)C. The minimum absolute atomic E-state index is 0.0478. The number of guanidine groups is 1. The zero-order valence-electron chi connectivity index (χ0n) is 77.1. The molecule has 0 heterocycles. The van der Waals surface area contributed by atoms with Gasteiger partial charge in [0.2, 0.25) is 82.7 Å². The fourth-order valence-corrected chi connectivity index (χ4v) is 13.3. The Labute approximate surface area is 763 Å². The Morgan fingerprint density at radius 2 is 0.740 bits per heavy atom. The van der Waals surface area contributed by atoms with Gasteiger partial charge in [0.1, 0.15) is 78.0 Å². The smallest absolute Gasteiger partial charge is 0.305 e. The second-order valence-electron chi connectivity index (χ2n) is 34.0. The van der Waals surface area contributed by atoms with Crippen LogP contribution in [0.25, 0.3) is 0 Å². The number of amides is 14. The summed E-state index contributed by atoms with van der Waals surface area (Å²) < 4.78 is 0. The third-order valence-electron chi connectivity index (χ3n) is 21.5. The van der Waals surface area contributed by atoms with E-state index in [4.69, 9.17) is 16.9 Å². The Balaban J connectivity index is 2.52. The normalized spacial score (nSPS) is 14.7. The van der Waals surface area contributed by atoms with Gasteiger partial charge in [-0.2, -0.15) is 0 Å². The lowest BCUT2D eigenvalue weighted by Crippen LogP contribution is -2.63. The number of unbranched alkanes of at least 4 members (excludes halogenated alkanes) is 3. The second-order valence-corrected chi connectivity index (χ2v) is 34.0. The van der Waals surface area contributed by atoms with E-state index in [0.29, 0.717) is 25.7 Å². The summed E-state index contributed by atoms with van der Waals surface area (Å²) >= 11 is 0. The molecule has 0 bridgehead atoms. The number of carbonyl (C=O) groups excluding carboxylic acids is 14. The minimum Gasteiger partial charge on any atom is -0.481 e. The molecule has 26 N–H and O–H groups in total. The van der Waals surface area contributed by atoms with Crippen molar-refractivity contribution in [2.45, 2.75) is 327 Å². The molecule has 131 heavy (non-hydrogen) atoms. The van der Waals surface area contributed by atoms with E-state index < -0.39 is 266 Å². The summed E-state index contributed by atoms with van der Waals surface area (Å²) in [7, 11) is 0. The molecule has 2 aromatic rings. The number of nitrogens with one attached hydrogen (secondary N) is 17. The van der Waals surface area contributed by atoms with E-state index in [0.717, 1.165) is 24.5 Å². The predicted octanol–water partition coefficient (Wildman–Crippen LogP) is 0.0793. The average molecular weight is 1850 g/mol. The van der Waals surface area contributed by atoms with E-state index >= 15 is 0 Å². The Hall–Kier alpha value is -12.4. The fourth-order valence-electron chi connectivity index (χ4n) is 13.3. The largest absolute Gasteiger partial charge is 0.481 e. The first-order chi connectivity index (χ1) is 61.7. The van der Waals surface area contributed by atoms with Crippen molar-refractivity contribution in [3.05, 3.63) is 71.8 Å². The summed E-state index contributed by atoms with van der Waals surface area (Å²) in [5.41, 5.74) is 10.9. The Kier molecular flexibility index (Phi) is 52.9. The van der Waals surface area contributed by atoms with Gasteiger partial charge in [-0.25, -0.2) is 0 Å². The first-order valence-electron chi connectivity index (χ1n) is 44.6. The quantitative estimate of drug-likeness (QED) is 0.0237. The third-order valence-corrected chi connectivity index (χ3v) is 21.5. The van der Waals surface area contributed by atoms with Crippen molar-refractivity contribution in [1.82, 2.24) is 85.1 Å². The van der Waals surface area contributed by atoms with Crippen LogP contribution < -0.4 is 96.5 Å². The van der Waals surface area contributed by atoms with Crippen LogP contribution in [0.1, 0.15) is 235 Å². The lowest BCUT2D eigenvalue weighted by molar-refractivity contribution is -0.141. The highest BCUT2D eigenvalue weighted by molar-refractivity contribution is 6.01. The molecule has 14 amide bonds. The van der Waals surface area contributed by atoms with Gasteiger partial charge in [-0.05, 0) is 140 Å². The van der Waals surface area contributed by atoms with Crippen molar-refractivity contribution in [2.75, 3.05) is 13.1 Å². The molecule has 0 aromatic heterocycles. The maximum absolute atomic E-state index is 14.5. The van der Waals surface area contributed by atoms with E-state index in [9.17, 15) is 117 Å². The van der Waals surface area contributed by atoms with Gasteiger partial charge in [0.25, 0.3) is 0 Å².